The van der Waals surface area contributed by atoms with E-state index in [1.807, 2.05) is 0 Å². The molecule has 0 fully saturated rings. The lowest BCUT2D eigenvalue weighted by Gasteiger charge is -2.07. The Labute approximate surface area is 86.7 Å². The number of carbonyl (C=O) groups is 2. The van der Waals surface area contributed by atoms with Gasteiger partial charge in [0.05, 0.1) is 6.42 Å². The summed E-state index contributed by atoms with van der Waals surface area (Å²) in [4.78, 5) is 22.1. The quantitative estimate of drug-likeness (QED) is 0.715. The Kier molecular flexibility index (Phi) is 2.19. The second kappa shape index (κ2) is 3.38. The Bertz CT molecular complexity index is 437. The molecular weight excluding hydrogens is 194 g/mol. The Morgan fingerprint density at radius 1 is 1.53 bits per heavy atom. The first-order valence-corrected chi connectivity index (χ1v) is 4.72. The standard InChI is InChI=1S/C11H11NO3/c12-7-1-2-8-9(5-7)6(3-10(8)13)4-11(14)15/h1-2,5-6H,3-4,12H2,(H,14,15). The lowest BCUT2D eigenvalue weighted by molar-refractivity contribution is -0.137. The van der Waals surface area contributed by atoms with Crippen LogP contribution in [0.5, 0.6) is 0 Å². The topological polar surface area (TPSA) is 80.4 Å². The third-order valence-electron chi connectivity index (χ3n) is 2.67. The highest BCUT2D eigenvalue weighted by molar-refractivity contribution is 6.02. The van der Waals surface area contributed by atoms with E-state index in [1.54, 1.807) is 18.2 Å². The third kappa shape index (κ3) is 1.70. The maximum Gasteiger partial charge on any atom is 0.303 e. The van der Waals surface area contributed by atoms with E-state index in [2.05, 4.69) is 0 Å². The van der Waals surface area contributed by atoms with Crippen LogP contribution in [0.2, 0.25) is 0 Å². The van der Waals surface area contributed by atoms with E-state index in [0.717, 1.165) is 5.56 Å². The van der Waals surface area contributed by atoms with E-state index in [9.17, 15) is 9.59 Å². The van der Waals surface area contributed by atoms with Crippen molar-refractivity contribution in [2.75, 3.05) is 5.73 Å². The van der Waals surface area contributed by atoms with Gasteiger partial charge in [0.25, 0.3) is 0 Å². The van der Waals surface area contributed by atoms with Crippen molar-refractivity contribution in [2.45, 2.75) is 18.8 Å². The zero-order valence-electron chi connectivity index (χ0n) is 8.06. The van der Waals surface area contributed by atoms with E-state index in [0.29, 0.717) is 11.3 Å². The summed E-state index contributed by atoms with van der Waals surface area (Å²) in [5, 5.41) is 8.71. The molecule has 2 rings (SSSR count). The second-order valence-electron chi connectivity index (χ2n) is 3.77. The van der Waals surface area contributed by atoms with Gasteiger partial charge in [0.15, 0.2) is 5.78 Å². The molecule has 1 aliphatic carbocycles. The van der Waals surface area contributed by atoms with Crippen molar-refractivity contribution < 1.29 is 14.7 Å². The molecule has 1 aromatic carbocycles. The predicted molar refractivity (Wildman–Crippen MR) is 54.8 cm³/mol. The van der Waals surface area contributed by atoms with Gasteiger partial charge in [0.2, 0.25) is 0 Å². The van der Waals surface area contributed by atoms with Crippen molar-refractivity contribution in [1.82, 2.24) is 0 Å². The van der Waals surface area contributed by atoms with Crippen LogP contribution in [0, 0.1) is 0 Å². The van der Waals surface area contributed by atoms with Gasteiger partial charge in [-0.15, -0.1) is 0 Å². The summed E-state index contributed by atoms with van der Waals surface area (Å²) in [6, 6.07) is 5.04. The van der Waals surface area contributed by atoms with Gasteiger partial charge >= 0.3 is 5.97 Å². The minimum Gasteiger partial charge on any atom is -0.481 e. The number of carboxylic acids is 1. The fraction of sp³-hybridized carbons (Fsp3) is 0.273. The number of fused-ring (bicyclic) bond motifs is 1. The zero-order chi connectivity index (χ0) is 11.0. The van der Waals surface area contributed by atoms with Gasteiger partial charge in [0.1, 0.15) is 0 Å². The van der Waals surface area contributed by atoms with Crippen molar-refractivity contribution in [3.05, 3.63) is 29.3 Å². The molecule has 0 spiro atoms. The van der Waals surface area contributed by atoms with Gasteiger partial charge in [0, 0.05) is 23.6 Å². The van der Waals surface area contributed by atoms with Crippen LogP contribution in [-0.4, -0.2) is 16.9 Å². The Morgan fingerprint density at radius 2 is 2.27 bits per heavy atom. The van der Waals surface area contributed by atoms with Gasteiger partial charge in [-0.2, -0.15) is 0 Å². The summed E-state index contributed by atoms with van der Waals surface area (Å²) >= 11 is 0. The molecule has 0 aliphatic heterocycles. The molecule has 0 aromatic heterocycles. The van der Waals surface area contributed by atoms with Crippen LogP contribution in [0.25, 0.3) is 0 Å². The number of hydrogen-bond acceptors (Lipinski definition) is 3. The van der Waals surface area contributed by atoms with Crippen LogP contribution in [0.3, 0.4) is 0 Å². The Hall–Kier alpha value is -1.84. The molecule has 4 nitrogen and oxygen atoms in total. The average Bonchev–Trinajstić information content (AvgIpc) is 2.42. The highest BCUT2D eigenvalue weighted by Crippen LogP contribution is 2.36. The maximum absolute atomic E-state index is 11.5. The number of carbonyl (C=O) groups excluding carboxylic acids is 1. The van der Waals surface area contributed by atoms with Crippen molar-refractivity contribution in [3.8, 4) is 0 Å². The monoisotopic (exact) mass is 205 g/mol. The first kappa shape index (κ1) is 9.71. The SMILES string of the molecule is Nc1ccc2c(c1)C(CC(=O)O)CC2=O. The lowest BCUT2D eigenvalue weighted by Crippen LogP contribution is -2.03. The molecule has 1 unspecified atom stereocenters. The molecule has 0 saturated carbocycles. The molecule has 0 heterocycles. The number of carboxylic acid groups (broad SMARTS) is 1. The molecule has 78 valence electrons. The number of nitrogens with two attached hydrogens (primary N) is 1. The number of hydrogen-bond donors (Lipinski definition) is 2. The van der Waals surface area contributed by atoms with E-state index in [4.69, 9.17) is 10.8 Å². The number of ketones is 1. The molecule has 1 atom stereocenters. The average molecular weight is 205 g/mol. The van der Waals surface area contributed by atoms with Crippen LogP contribution in [0.1, 0.15) is 34.7 Å². The normalized spacial score (nSPS) is 18.9. The first-order valence-electron chi connectivity index (χ1n) is 4.72. The number of benzene rings is 1. The number of anilines is 1. The predicted octanol–water partition coefficient (Wildman–Crippen LogP) is 1.41. The van der Waals surface area contributed by atoms with E-state index >= 15 is 0 Å². The number of aliphatic carboxylic acids is 1. The molecule has 0 radical (unpaired) electrons. The molecule has 4 heteroatoms. The fourth-order valence-electron chi connectivity index (χ4n) is 2.01. The van der Waals surface area contributed by atoms with Crippen LogP contribution >= 0.6 is 0 Å². The molecule has 3 N–H and O–H groups in total. The largest absolute Gasteiger partial charge is 0.481 e. The van der Waals surface area contributed by atoms with Gasteiger partial charge < -0.3 is 10.8 Å². The van der Waals surface area contributed by atoms with Crippen molar-refractivity contribution in [2.24, 2.45) is 0 Å². The molecule has 0 bridgehead atoms. The molecule has 1 aromatic rings. The van der Waals surface area contributed by atoms with Crippen molar-refractivity contribution >= 4 is 17.4 Å². The number of Topliss-reactive ketones (excluding diaryl/α,β-unsaturated/α-hetero) is 1. The minimum absolute atomic E-state index is 0.0104. The van der Waals surface area contributed by atoms with Gasteiger partial charge in [-0.25, -0.2) is 0 Å². The second-order valence-corrected chi connectivity index (χ2v) is 3.77. The van der Waals surface area contributed by atoms with Crippen LogP contribution in [-0.2, 0) is 4.79 Å². The molecule has 0 amide bonds. The molecular formula is C11H11NO3. The van der Waals surface area contributed by atoms with Gasteiger partial charge in [-0.3, -0.25) is 9.59 Å². The smallest absolute Gasteiger partial charge is 0.303 e. The summed E-state index contributed by atoms with van der Waals surface area (Å²) in [6.07, 6.45) is 0.271. The minimum atomic E-state index is -0.886. The zero-order valence-corrected chi connectivity index (χ0v) is 8.06. The molecule has 1 aliphatic rings. The van der Waals surface area contributed by atoms with E-state index in [-0.39, 0.29) is 24.5 Å². The summed E-state index contributed by atoms with van der Waals surface area (Å²) in [5.41, 5.74) is 7.58. The Balaban J connectivity index is 2.39. The first-order chi connectivity index (χ1) is 7.08. The maximum atomic E-state index is 11.5. The van der Waals surface area contributed by atoms with Gasteiger partial charge in [-0.05, 0) is 23.8 Å². The van der Waals surface area contributed by atoms with Crippen LogP contribution < -0.4 is 5.73 Å². The number of rotatable bonds is 2. The van der Waals surface area contributed by atoms with Crippen molar-refractivity contribution in [1.29, 1.82) is 0 Å². The lowest BCUT2D eigenvalue weighted by atomic mass is 9.97. The van der Waals surface area contributed by atoms with E-state index < -0.39 is 5.97 Å². The fourth-order valence-corrected chi connectivity index (χ4v) is 2.01. The molecule has 0 saturated heterocycles. The summed E-state index contributed by atoms with van der Waals surface area (Å²) < 4.78 is 0. The summed E-state index contributed by atoms with van der Waals surface area (Å²) in [5.74, 6) is -1.09. The van der Waals surface area contributed by atoms with Crippen LogP contribution in [0.4, 0.5) is 5.69 Å². The van der Waals surface area contributed by atoms with Crippen molar-refractivity contribution in [3.63, 3.8) is 0 Å². The van der Waals surface area contributed by atoms with E-state index in [1.165, 1.54) is 0 Å². The highest BCUT2D eigenvalue weighted by atomic mass is 16.4. The molecule has 15 heavy (non-hydrogen) atoms. The third-order valence-corrected chi connectivity index (χ3v) is 2.67. The summed E-state index contributed by atoms with van der Waals surface area (Å²) in [7, 11) is 0. The Morgan fingerprint density at radius 3 is 2.93 bits per heavy atom. The number of nitrogen functional groups attached to an aromatic ring is 1. The highest BCUT2D eigenvalue weighted by Gasteiger charge is 2.30. The summed E-state index contributed by atoms with van der Waals surface area (Å²) in [6.45, 7) is 0. The van der Waals surface area contributed by atoms with Gasteiger partial charge in [-0.1, -0.05) is 0 Å². The van der Waals surface area contributed by atoms with Crippen LogP contribution in [0.15, 0.2) is 18.2 Å².